The largest absolute Gasteiger partial charge is 0.350 e. The van der Waals surface area contributed by atoms with Crippen LogP contribution in [0, 0.1) is 13.8 Å². The van der Waals surface area contributed by atoms with E-state index < -0.39 is 0 Å². The molecule has 0 spiro atoms. The van der Waals surface area contributed by atoms with Gasteiger partial charge < -0.3 is 5.32 Å². The predicted octanol–water partition coefficient (Wildman–Crippen LogP) is 4.55. The van der Waals surface area contributed by atoms with E-state index in [4.69, 9.17) is 11.6 Å². The van der Waals surface area contributed by atoms with Crippen molar-refractivity contribution in [3.63, 3.8) is 0 Å². The zero-order valence-corrected chi connectivity index (χ0v) is 13.4. The first-order valence-corrected chi connectivity index (χ1v) is 7.63. The Hall–Kier alpha value is -2.66. The summed E-state index contributed by atoms with van der Waals surface area (Å²) in [5.41, 5.74) is 6.47. The highest BCUT2D eigenvalue weighted by atomic mass is 35.5. The predicted molar refractivity (Wildman–Crippen MR) is 93.3 cm³/mol. The highest BCUT2D eigenvalue weighted by molar-refractivity contribution is 6.33. The van der Waals surface area contributed by atoms with Crippen LogP contribution in [0.2, 0.25) is 5.02 Å². The van der Waals surface area contributed by atoms with E-state index in [1.807, 2.05) is 44.3 Å². The van der Waals surface area contributed by atoms with Crippen LogP contribution in [-0.4, -0.2) is 21.4 Å². The minimum Gasteiger partial charge on any atom is -0.350 e. The number of aliphatic imine (C=N–C) groups is 1. The number of aromatic amines is 1. The van der Waals surface area contributed by atoms with Crippen molar-refractivity contribution in [3.05, 3.63) is 52.4 Å². The Balaban J connectivity index is 1.99. The summed E-state index contributed by atoms with van der Waals surface area (Å²) in [6, 6.07) is 7.75. The SMILES string of the molecule is Cc1ncc(-c2ccccc2Cl)c2c1C=Nc1n[nH]c(C)c1N2. The molecule has 2 N–H and O–H groups in total. The van der Waals surface area contributed by atoms with E-state index in [0.717, 1.165) is 39.5 Å². The number of anilines is 2. The maximum atomic E-state index is 6.38. The van der Waals surface area contributed by atoms with Gasteiger partial charge in [-0.05, 0) is 19.9 Å². The lowest BCUT2D eigenvalue weighted by Crippen LogP contribution is -2.02. The molecule has 1 aromatic carbocycles. The number of hydrogen-bond acceptors (Lipinski definition) is 4. The number of benzene rings is 1. The Bertz CT molecular complexity index is 942. The van der Waals surface area contributed by atoms with Crippen molar-refractivity contribution in [3.8, 4) is 11.1 Å². The number of aromatic nitrogens is 3. The normalized spacial score (nSPS) is 12.3. The van der Waals surface area contributed by atoms with Crippen LogP contribution < -0.4 is 5.32 Å². The number of hydrogen-bond donors (Lipinski definition) is 2. The van der Waals surface area contributed by atoms with Crippen LogP contribution in [0.1, 0.15) is 17.0 Å². The zero-order valence-electron chi connectivity index (χ0n) is 12.7. The van der Waals surface area contributed by atoms with Gasteiger partial charge in [0, 0.05) is 39.8 Å². The standard InChI is InChI=1S/C17H14ClN5/c1-9-12-7-20-17-15(10(2)22-23-17)21-16(12)13(8-19-9)11-5-3-4-6-14(11)18/h3-8,21H,1-2H3,(H,22,23). The van der Waals surface area contributed by atoms with E-state index >= 15 is 0 Å². The second kappa shape index (κ2) is 5.21. The molecule has 6 heteroatoms. The molecule has 1 aliphatic rings. The minimum absolute atomic E-state index is 0.642. The number of pyridine rings is 1. The first kappa shape index (κ1) is 14.0. The van der Waals surface area contributed by atoms with Gasteiger partial charge in [-0.15, -0.1) is 0 Å². The molecule has 23 heavy (non-hydrogen) atoms. The second-order valence-electron chi connectivity index (χ2n) is 5.46. The van der Waals surface area contributed by atoms with Crippen molar-refractivity contribution < 1.29 is 0 Å². The number of aryl methyl sites for hydroxylation is 2. The van der Waals surface area contributed by atoms with Gasteiger partial charge in [-0.2, -0.15) is 5.10 Å². The van der Waals surface area contributed by atoms with Gasteiger partial charge in [0.1, 0.15) is 5.69 Å². The van der Waals surface area contributed by atoms with Crippen molar-refractivity contribution in [2.75, 3.05) is 5.32 Å². The highest BCUT2D eigenvalue weighted by Crippen LogP contribution is 2.40. The number of halogens is 1. The average Bonchev–Trinajstić information content (AvgIpc) is 2.78. The molecule has 0 fully saturated rings. The zero-order chi connectivity index (χ0) is 16.0. The monoisotopic (exact) mass is 323 g/mol. The van der Waals surface area contributed by atoms with Crippen molar-refractivity contribution in [2.45, 2.75) is 13.8 Å². The van der Waals surface area contributed by atoms with Gasteiger partial charge >= 0.3 is 0 Å². The van der Waals surface area contributed by atoms with Gasteiger partial charge in [-0.3, -0.25) is 10.1 Å². The van der Waals surface area contributed by atoms with Crippen molar-refractivity contribution in [1.29, 1.82) is 0 Å². The summed E-state index contributed by atoms with van der Waals surface area (Å²) in [4.78, 5) is 8.97. The van der Waals surface area contributed by atoms with Crippen molar-refractivity contribution >= 4 is 35.0 Å². The first-order chi connectivity index (χ1) is 11.1. The summed E-state index contributed by atoms with van der Waals surface area (Å²) in [7, 11) is 0. The average molecular weight is 324 g/mol. The summed E-state index contributed by atoms with van der Waals surface area (Å²) in [5.74, 6) is 0.642. The number of fused-ring (bicyclic) bond motifs is 2. The van der Waals surface area contributed by atoms with Gasteiger partial charge in [0.15, 0.2) is 5.82 Å². The van der Waals surface area contributed by atoms with Crippen LogP contribution in [-0.2, 0) is 0 Å². The number of rotatable bonds is 1. The molecular formula is C17H14ClN5. The van der Waals surface area contributed by atoms with E-state index in [0.29, 0.717) is 10.8 Å². The van der Waals surface area contributed by atoms with E-state index in [-0.39, 0.29) is 0 Å². The number of nitrogens with zero attached hydrogens (tertiary/aromatic N) is 3. The molecule has 3 aromatic rings. The number of H-pyrrole nitrogens is 1. The van der Waals surface area contributed by atoms with Gasteiger partial charge in [0.05, 0.1) is 11.4 Å². The topological polar surface area (TPSA) is 66.0 Å². The molecule has 2 aromatic heterocycles. The smallest absolute Gasteiger partial charge is 0.197 e. The summed E-state index contributed by atoms with van der Waals surface area (Å²) >= 11 is 6.38. The Morgan fingerprint density at radius 3 is 2.70 bits per heavy atom. The Morgan fingerprint density at radius 2 is 1.87 bits per heavy atom. The molecule has 0 atom stereocenters. The molecule has 0 saturated carbocycles. The van der Waals surface area contributed by atoms with Crippen molar-refractivity contribution in [2.24, 2.45) is 4.99 Å². The molecule has 0 radical (unpaired) electrons. The Morgan fingerprint density at radius 1 is 1.04 bits per heavy atom. The minimum atomic E-state index is 0.642. The molecule has 4 rings (SSSR count). The highest BCUT2D eigenvalue weighted by Gasteiger charge is 2.20. The molecule has 0 saturated heterocycles. The van der Waals surface area contributed by atoms with E-state index in [1.165, 1.54) is 0 Å². The number of nitrogens with one attached hydrogen (secondary N) is 2. The molecule has 0 amide bonds. The molecular weight excluding hydrogens is 310 g/mol. The Kier molecular flexibility index (Phi) is 3.16. The van der Waals surface area contributed by atoms with Gasteiger partial charge in [-0.25, -0.2) is 4.99 Å². The maximum Gasteiger partial charge on any atom is 0.197 e. The molecule has 5 nitrogen and oxygen atoms in total. The van der Waals surface area contributed by atoms with Crippen LogP contribution in [0.25, 0.3) is 11.1 Å². The van der Waals surface area contributed by atoms with Gasteiger partial charge in [0.25, 0.3) is 0 Å². The molecule has 0 aliphatic carbocycles. The summed E-state index contributed by atoms with van der Waals surface area (Å²) < 4.78 is 0. The van der Waals surface area contributed by atoms with Crippen LogP contribution in [0.15, 0.2) is 35.5 Å². The molecule has 0 bridgehead atoms. The molecule has 0 unspecified atom stereocenters. The lowest BCUT2D eigenvalue weighted by molar-refractivity contribution is 1.04. The summed E-state index contributed by atoms with van der Waals surface area (Å²) in [5, 5.41) is 11.3. The fraction of sp³-hybridized carbons (Fsp3) is 0.118. The Labute approximate surface area is 138 Å². The van der Waals surface area contributed by atoms with E-state index in [1.54, 1.807) is 6.21 Å². The fourth-order valence-electron chi connectivity index (χ4n) is 2.71. The lowest BCUT2D eigenvalue weighted by atomic mass is 10.0. The molecule has 1 aliphatic heterocycles. The van der Waals surface area contributed by atoms with E-state index in [9.17, 15) is 0 Å². The molecule has 114 valence electrons. The van der Waals surface area contributed by atoms with Crippen molar-refractivity contribution in [1.82, 2.24) is 15.2 Å². The summed E-state index contributed by atoms with van der Waals surface area (Å²) in [6.45, 7) is 3.92. The van der Waals surface area contributed by atoms with E-state index in [2.05, 4.69) is 25.5 Å². The second-order valence-corrected chi connectivity index (χ2v) is 5.86. The third-order valence-corrected chi connectivity index (χ3v) is 4.30. The van der Waals surface area contributed by atoms with Crippen LogP contribution in [0.4, 0.5) is 17.2 Å². The molecule has 3 heterocycles. The third-order valence-electron chi connectivity index (χ3n) is 3.97. The quantitative estimate of drug-likeness (QED) is 0.540. The van der Waals surface area contributed by atoms with Crippen LogP contribution in [0.5, 0.6) is 0 Å². The third kappa shape index (κ3) is 2.21. The van der Waals surface area contributed by atoms with Crippen LogP contribution in [0.3, 0.4) is 0 Å². The van der Waals surface area contributed by atoms with Crippen LogP contribution >= 0.6 is 11.6 Å². The lowest BCUT2D eigenvalue weighted by Gasteiger charge is -2.15. The van der Waals surface area contributed by atoms with Gasteiger partial charge in [-0.1, -0.05) is 29.8 Å². The first-order valence-electron chi connectivity index (χ1n) is 7.25. The maximum absolute atomic E-state index is 6.38. The van der Waals surface area contributed by atoms with Gasteiger partial charge in [0.2, 0.25) is 0 Å². The summed E-state index contributed by atoms with van der Waals surface area (Å²) in [6.07, 6.45) is 3.65. The fourth-order valence-corrected chi connectivity index (χ4v) is 2.95.